The summed E-state index contributed by atoms with van der Waals surface area (Å²) < 4.78 is 25.5. The maximum atomic E-state index is 14.9. The standard InChI is InChI=1S/C48H49N3O11/c1-49-18-24-10-14-34-31(16-24)33(19-50-34)36-15-13-30-37(59-2)17-32-29-12-11-25-7-5-9-27(25)39(29)41(35(53)21-51-20-26-6-3-4-8-28(26)46(51)57)43(55)40(32)44(30)62-47-48(58,23-52)45(56)42(54)38(61-47)22-60-36/h3-4,6,8,10-17,19,25,27,36,38,42,45,47,49-50,52,54-56,58H,5,7,9,18,20-23H2,1-2H3. The third-order valence-electron chi connectivity index (χ3n) is 13.5. The molecule has 14 heteroatoms. The number of aromatic hydroxyl groups is 1. The van der Waals surface area contributed by atoms with Gasteiger partial charge in [0.2, 0.25) is 6.29 Å². The number of Topliss-reactive ketones (excluding diaryl/α,β-unsaturated/α-hetero) is 1. The molecule has 3 aliphatic heterocycles. The zero-order chi connectivity index (χ0) is 43.0. The Morgan fingerprint density at radius 3 is 2.68 bits per heavy atom. The van der Waals surface area contributed by atoms with Crippen molar-refractivity contribution in [3.63, 3.8) is 0 Å². The van der Waals surface area contributed by atoms with Crippen molar-refractivity contribution in [2.45, 2.75) is 74.6 Å². The van der Waals surface area contributed by atoms with Gasteiger partial charge in [-0.15, -0.1) is 0 Å². The number of rotatable bonds is 8. The quantitative estimate of drug-likeness (QED) is 0.105. The molecule has 2 bridgehead atoms. The number of hydrogen-bond acceptors (Lipinski definition) is 12. The number of aromatic amines is 1. The Morgan fingerprint density at radius 1 is 1.06 bits per heavy atom. The highest BCUT2D eigenvalue weighted by atomic mass is 16.7. The summed E-state index contributed by atoms with van der Waals surface area (Å²) in [4.78, 5) is 33.3. The Labute approximate surface area is 357 Å². The lowest BCUT2D eigenvalue weighted by Gasteiger charge is -2.47. The predicted molar refractivity (Wildman–Crippen MR) is 229 cm³/mol. The molecule has 1 aromatic heterocycles. The molecule has 4 heterocycles. The maximum Gasteiger partial charge on any atom is 0.254 e. The summed E-state index contributed by atoms with van der Waals surface area (Å²) in [5, 5.41) is 62.7. The molecule has 2 aliphatic carbocycles. The lowest BCUT2D eigenvalue weighted by atomic mass is 9.75. The first-order valence-electron chi connectivity index (χ1n) is 21.1. The molecule has 1 saturated carbocycles. The Bertz CT molecular complexity index is 2690. The number of benzene rings is 4. The van der Waals surface area contributed by atoms with E-state index in [0.717, 1.165) is 46.9 Å². The summed E-state index contributed by atoms with van der Waals surface area (Å²) in [6, 6.07) is 15.1. The van der Waals surface area contributed by atoms with E-state index in [9.17, 15) is 35.1 Å². The fourth-order valence-corrected chi connectivity index (χ4v) is 10.3. The van der Waals surface area contributed by atoms with E-state index >= 15 is 0 Å². The molecule has 0 radical (unpaired) electrons. The lowest BCUT2D eigenvalue weighted by Crippen LogP contribution is -2.69. The minimum atomic E-state index is -2.56. The zero-order valence-corrected chi connectivity index (χ0v) is 34.3. The average Bonchev–Trinajstić information content (AvgIpc) is 4.01. The Kier molecular flexibility index (Phi) is 10.2. The number of carbonyl (C=O) groups excluding carboxylic acids is 2. The van der Waals surface area contributed by atoms with Gasteiger partial charge in [0.25, 0.3) is 5.91 Å². The highest BCUT2D eigenvalue weighted by Crippen LogP contribution is 2.55. The van der Waals surface area contributed by atoms with Gasteiger partial charge in [-0.3, -0.25) is 9.59 Å². The van der Waals surface area contributed by atoms with Crippen LogP contribution in [0.15, 0.2) is 66.9 Å². The molecule has 1 amide bonds. The van der Waals surface area contributed by atoms with Gasteiger partial charge >= 0.3 is 0 Å². The van der Waals surface area contributed by atoms with Gasteiger partial charge in [-0.2, -0.15) is 0 Å². The molecule has 8 atom stereocenters. The number of H-pyrrole nitrogens is 1. The minimum absolute atomic E-state index is 0.0689. The molecule has 4 aromatic carbocycles. The van der Waals surface area contributed by atoms with E-state index in [0.29, 0.717) is 34.4 Å². The zero-order valence-electron chi connectivity index (χ0n) is 34.3. The molecule has 5 aromatic rings. The van der Waals surface area contributed by atoms with Crippen LogP contribution in [0.5, 0.6) is 17.2 Å². The largest absolute Gasteiger partial charge is 0.506 e. The van der Waals surface area contributed by atoms with E-state index < -0.39 is 54.4 Å². The van der Waals surface area contributed by atoms with Crippen molar-refractivity contribution in [1.29, 1.82) is 0 Å². The summed E-state index contributed by atoms with van der Waals surface area (Å²) in [5.74, 6) is -0.830. The van der Waals surface area contributed by atoms with Crippen molar-refractivity contribution < 1.29 is 54.1 Å². The normalized spacial score (nSPS) is 27.7. The summed E-state index contributed by atoms with van der Waals surface area (Å²) in [6.45, 7) is -0.764. The highest BCUT2D eigenvalue weighted by molar-refractivity contribution is 6.14. The fourth-order valence-electron chi connectivity index (χ4n) is 10.3. The van der Waals surface area contributed by atoms with E-state index in [1.54, 1.807) is 30.4 Å². The molecule has 7 N–H and O–H groups in total. The molecule has 2 fully saturated rings. The topological polar surface area (TPSA) is 203 Å². The number of hydrogen-bond donors (Lipinski definition) is 7. The molecule has 62 heavy (non-hydrogen) atoms. The van der Waals surface area contributed by atoms with E-state index in [-0.39, 0.29) is 59.7 Å². The van der Waals surface area contributed by atoms with Crippen LogP contribution in [0.2, 0.25) is 0 Å². The van der Waals surface area contributed by atoms with Crippen molar-refractivity contribution in [2.24, 2.45) is 5.92 Å². The fraction of sp³-hybridized carbons (Fsp3) is 0.375. The van der Waals surface area contributed by atoms with E-state index in [1.807, 2.05) is 43.6 Å². The van der Waals surface area contributed by atoms with E-state index in [1.165, 1.54) is 12.0 Å². The monoisotopic (exact) mass is 843 g/mol. The second kappa shape index (κ2) is 15.6. The molecule has 5 aliphatic rings. The molecule has 322 valence electrons. The molecule has 1 saturated heterocycles. The number of amides is 1. The number of ether oxygens (including phenoxy) is 4. The maximum absolute atomic E-state index is 14.9. The number of nitrogens with one attached hydrogen (secondary N) is 2. The molecular formula is C48H49N3O11. The van der Waals surface area contributed by atoms with Gasteiger partial charge in [-0.05, 0) is 84.3 Å². The van der Waals surface area contributed by atoms with Gasteiger partial charge in [-0.25, -0.2) is 0 Å². The summed E-state index contributed by atoms with van der Waals surface area (Å²) >= 11 is 0. The smallest absolute Gasteiger partial charge is 0.254 e. The van der Waals surface area contributed by atoms with E-state index in [2.05, 4.69) is 22.4 Å². The molecule has 14 nitrogen and oxygen atoms in total. The third-order valence-corrected chi connectivity index (χ3v) is 13.5. The van der Waals surface area contributed by atoms with Gasteiger partial charge in [0.05, 0.1) is 43.4 Å². The number of ketones is 1. The summed E-state index contributed by atoms with van der Waals surface area (Å²) in [6.07, 6.45) is 4.49. The number of methoxy groups -OCH3 is 1. The number of aromatic nitrogens is 1. The van der Waals surface area contributed by atoms with Gasteiger partial charge in [-0.1, -0.05) is 48.9 Å². The van der Waals surface area contributed by atoms with Crippen LogP contribution in [0, 0.1) is 5.92 Å². The number of fused-ring (bicyclic) bond motifs is 11. The first-order chi connectivity index (χ1) is 30.0. The Hall–Kier alpha value is -5.58. The van der Waals surface area contributed by atoms with E-state index in [4.69, 9.17) is 18.9 Å². The lowest BCUT2D eigenvalue weighted by molar-refractivity contribution is -0.329. The van der Waals surface area contributed by atoms with Gasteiger partial charge in [0.1, 0.15) is 41.7 Å². The third kappa shape index (κ3) is 6.35. The number of aliphatic hydroxyl groups excluding tert-OH is 3. The van der Waals surface area contributed by atoms with Crippen LogP contribution in [-0.2, 0) is 22.6 Å². The number of nitrogens with zero attached hydrogens (tertiary/aromatic N) is 1. The number of carbonyl (C=O) groups is 2. The van der Waals surface area contributed by atoms with Gasteiger partial charge < -0.3 is 59.7 Å². The van der Waals surface area contributed by atoms with Crippen molar-refractivity contribution in [1.82, 2.24) is 15.2 Å². The molecule has 8 unspecified atom stereocenters. The van der Waals surface area contributed by atoms with Crippen LogP contribution in [0.25, 0.3) is 33.8 Å². The van der Waals surface area contributed by atoms with Crippen LogP contribution in [0.4, 0.5) is 0 Å². The first kappa shape index (κ1) is 40.5. The van der Waals surface area contributed by atoms with Gasteiger partial charge in [0, 0.05) is 46.7 Å². The predicted octanol–water partition coefficient (Wildman–Crippen LogP) is 4.84. The SMILES string of the molecule is CNCc1ccc2[nH]cc(C3C=Cc4c(OC)cc5c6c(c(C(=O)CN7Cc8ccccc8C7=O)c(O)c5c4OC4OC(CO3)C(O)C(O)C4(O)CO)C3CCCC3C=C6)c2c1. The number of phenols is 1. The first-order valence-corrected chi connectivity index (χ1v) is 21.1. The van der Waals surface area contributed by atoms with Crippen molar-refractivity contribution in [3.05, 3.63) is 111 Å². The molecule has 10 rings (SSSR count). The Morgan fingerprint density at radius 2 is 1.89 bits per heavy atom. The van der Waals surface area contributed by atoms with Crippen LogP contribution in [-0.4, -0.2) is 111 Å². The van der Waals surface area contributed by atoms with Crippen LogP contribution >= 0.6 is 0 Å². The molecule has 0 spiro atoms. The van der Waals surface area contributed by atoms with Crippen molar-refractivity contribution in [2.75, 3.05) is 33.9 Å². The van der Waals surface area contributed by atoms with Gasteiger partial charge in [0.15, 0.2) is 11.4 Å². The minimum Gasteiger partial charge on any atom is -0.506 e. The van der Waals surface area contributed by atoms with Crippen LogP contribution in [0.3, 0.4) is 0 Å². The number of phenolic OH excluding ortho intramolecular Hbond substituents is 1. The number of allylic oxidation sites excluding steroid dienone is 1. The number of aliphatic hydroxyl groups is 4. The van der Waals surface area contributed by atoms with Crippen LogP contribution < -0.4 is 14.8 Å². The second-order valence-electron chi connectivity index (χ2n) is 17.1. The highest BCUT2D eigenvalue weighted by Gasteiger charge is 2.57. The van der Waals surface area contributed by atoms with Crippen LogP contribution in [0.1, 0.15) is 85.4 Å². The van der Waals surface area contributed by atoms with Crippen molar-refractivity contribution in [3.8, 4) is 17.2 Å². The Balaban J connectivity index is 1.20. The second-order valence-corrected chi connectivity index (χ2v) is 17.1. The summed E-state index contributed by atoms with van der Waals surface area (Å²) in [7, 11) is 3.36. The van der Waals surface area contributed by atoms with Crippen molar-refractivity contribution >= 4 is 45.5 Å². The molecular weight excluding hydrogens is 795 g/mol. The average molecular weight is 844 g/mol. The summed E-state index contributed by atoms with van der Waals surface area (Å²) in [5.41, 5.74) is 3.13.